The number of oxime groups is 1. The molecule has 0 spiro atoms. The normalized spacial score (nSPS) is 12.0. The van der Waals surface area contributed by atoms with Crippen LogP contribution in [0.15, 0.2) is 47.9 Å². The molecule has 0 saturated carbocycles. The zero-order chi connectivity index (χ0) is 21.9. The zero-order valence-corrected chi connectivity index (χ0v) is 16.7. The third-order valence-electron chi connectivity index (χ3n) is 3.94. The molecule has 0 unspecified atom stereocenters. The first-order chi connectivity index (χ1) is 14.2. The van der Waals surface area contributed by atoms with Crippen LogP contribution in [0.2, 0.25) is 0 Å². The van der Waals surface area contributed by atoms with E-state index in [1.54, 1.807) is 32.9 Å². The van der Waals surface area contributed by atoms with E-state index < -0.39 is 17.5 Å². The Morgan fingerprint density at radius 2 is 1.80 bits per heavy atom. The Kier molecular flexibility index (Phi) is 5.67. The van der Waals surface area contributed by atoms with Gasteiger partial charge in [-0.25, -0.2) is 14.3 Å². The van der Waals surface area contributed by atoms with Crippen LogP contribution in [0, 0.1) is 0 Å². The van der Waals surface area contributed by atoms with Crippen LogP contribution in [0.4, 0.5) is 0 Å². The second kappa shape index (κ2) is 8.19. The van der Waals surface area contributed by atoms with Gasteiger partial charge in [0.05, 0.1) is 17.7 Å². The van der Waals surface area contributed by atoms with E-state index in [0.29, 0.717) is 11.3 Å². The lowest BCUT2D eigenvalue weighted by Crippen LogP contribution is -2.25. The van der Waals surface area contributed by atoms with Gasteiger partial charge < -0.3 is 20.4 Å². The average Bonchev–Trinajstić information content (AvgIpc) is 3.18. The molecule has 1 aromatic carbocycles. The summed E-state index contributed by atoms with van der Waals surface area (Å²) < 4.78 is 12.2. The molecule has 30 heavy (non-hydrogen) atoms. The van der Waals surface area contributed by atoms with Crippen molar-refractivity contribution in [3.63, 3.8) is 0 Å². The monoisotopic (exact) mass is 411 g/mol. The highest BCUT2D eigenvalue weighted by atomic mass is 16.6. The maximum Gasteiger partial charge on any atom is 0.343 e. The van der Waals surface area contributed by atoms with Gasteiger partial charge in [0.1, 0.15) is 11.9 Å². The van der Waals surface area contributed by atoms with Crippen molar-refractivity contribution in [3.05, 3.63) is 59.5 Å². The van der Waals surface area contributed by atoms with Gasteiger partial charge in [0.25, 0.3) is 0 Å². The number of carbonyl (C=O) groups is 2. The van der Waals surface area contributed by atoms with Gasteiger partial charge in [0.15, 0.2) is 17.2 Å². The van der Waals surface area contributed by atoms with Crippen LogP contribution >= 0.6 is 0 Å². The van der Waals surface area contributed by atoms with Crippen molar-refractivity contribution in [2.75, 3.05) is 0 Å². The first-order valence-corrected chi connectivity index (χ1v) is 9.01. The van der Waals surface area contributed by atoms with Gasteiger partial charge >= 0.3 is 11.9 Å². The number of pyridine rings is 1. The van der Waals surface area contributed by atoms with Crippen LogP contribution in [0.1, 0.15) is 42.4 Å². The van der Waals surface area contributed by atoms with Crippen LogP contribution in [0.25, 0.3) is 5.65 Å². The summed E-state index contributed by atoms with van der Waals surface area (Å²) in [5, 5.41) is 15.7. The largest absolute Gasteiger partial charge is 0.460 e. The summed E-state index contributed by atoms with van der Waals surface area (Å²) in [6.07, 6.45) is 1.29. The molecule has 0 amide bonds. The van der Waals surface area contributed by atoms with E-state index in [0.717, 1.165) is 0 Å². The van der Waals surface area contributed by atoms with Crippen LogP contribution in [0.5, 0.6) is 5.75 Å². The molecule has 0 aliphatic carbocycles. The highest BCUT2D eigenvalue weighted by Gasteiger charge is 2.20. The first kappa shape index (κ1) is 20.8. The number of nitrogens with zero attached hydrogens (tertiary/aromatic N) is 4. The molecule has 0 aliphatic heterocycles. The average molecular weight is 411 g/mol. The summed E-state index contributed by atoms with van der Waals surface area (Å²) in [4.78, 5) is 28.7. The molecule has 0 atom stereocenters. The minimum atomic E-state index is -0.620. The molecular weight excluding hydrogens is 390 g/mol. The molecule has 156 valence electrons. The first-order valence-electron chi connectivity index (χ1n) is 9.01. The fraction of sp³-hybridized carbons (Fsp3) is 0.250. The molecular formula is C20H21N5O5. The number of fused-ring (bicyclic) bond motifs is 1. The lowest BCUT2D eigenvalue weighted by atomic mass is 10.1. The summed E-state index contributed by atoms with van der Waals surface area (Å²) >= 11 is 0. The van der Waals surface area contributed by atoms with Crippen LogP contribution in [0.3, 0.4) is 0 Å². The predicted octanol–water partition coefficient (Wildman–Crippen LogP) is 1.93. The Morgan fingerprint density at radius 1 is 1.13 bits per heavy atom. The number of ether oxygens (including phenoxy) is 2. The summed E-state index contributed by atoms with van der Waals surface area (Å²) in [6, 6.07) is 9.22. The maximum absolute atomic E-state index is 12.5. The molecule has 3 aromatic rings. The fourth-order valence-electron chi connectivity index (χ4n) is 2.67. The van der Waals surface area contributed by atoms with Gasteiger partial charge in [-0.15, -0.1) is 0 Å². The predicted molar refractivity (Wildman–Crippen MR) is 106 cm³/mol. The van der Waals surface area contributed by atoms with Crippen molar-refractivity contribution >= 4 is 23.4 Å². The quantitative estimate of drug-likeness (QED) is 0.213. The van der Waals surface area contributed by atoms with Gasteiger partial charge in [-0.3, -0.25) is 4.79 Å². The van der Waals surface area contributed by atoms with E-state index >= 15 is 0 Å². The lowest BCUT2D eigenvalue weighted by molar-refractivity contribution is -0.154. The van der Waals surface area contributed by atoms with Crippen molar-refractivity contribution in [1.29, 1.82) is 0 Å². The van der Waals surface area contributed by atoms with Crippen LogP contribution < -0.4 is 10.5 Å². The molecule has 10 nitrogen and oxygen atoms in total. The van der Waals surface area contributed by atoms with E-state index in [2.05, 4.69) is 15.2 Å². The van der Waals surface area contributed by atoms with Gasteiger partial charge in [0.2, 0.25) is 0 Å². The minimum Gasteiger partial charge on any atom is -0.460 e. The van der Waals surface area contributed by atoms with E-state index in [1.165, 1.54) is 35.1 Å². The third kappa shape index (κ3) is 4.72. The number of hydrogen-bond donors (Lipinski definition) is 2. The van der Waals surface area contributed by atoms with E-state index in [9.17, 15) is 9.59 Å². The summed E-state index contributed by atoms with van der Waals surface area (Å²) in [6.45, 7) is 5.36. The fourth-order valence-corrected chi connectivity index (χ4v) is 2.67. The van der Waals surface area contributed by atoms with Gasteiger partial charge in [-0.05, 0) is 45.0 Å². The van der Waals surface area contributed by atoms with Crippen molar-refractivity contribution in [2.45, 2.75) is 32.8 Å². The van der Waals surface area contributed by atoms with Crippen molar-refractivity contribution in [3.8, 4) is 5.75 Å². The molecule has 3 rings (SSSR count). The van der Waals surface area contributed by atoms with Crippen LogP contribution in [-0.2, 0) is 16.0 Å². The Hall–Kier alpha value is -3.95. The zero-order valence-electron chi connectivity index (χ0n) is 16.7. The maximum atomic E-state index is 12.5. The number of esters is 2. The topological polar surface area (TPSA) is 141 Å². The number of amidine groups is 1. The van der Waals surface area contributed by atoms with Crippen molar-refractivity contribution in [1.82, 2.24) is 14.6 Å². The highest BCUT2D eigenvalue weighted by Crippen LogP contribution is 2.21. The number of nitrogens with two attached hydrogens (primary N) is 1. The summed E-state index contributed by atoms with van der Waals surface area (Å²) in [5.74, 6) is -0.910. The number of benzene rings is 1. The third-order valence-corrected chi connectivity index (χ3v) is 3.94. The smallest absolute Gasteiger partial charge is 0.343 e. The highest BCUT2D eigenvalue weighted by molar-refractivity contribution is 5.98. The SMILES string of the molecule is CC(C)(C)OC(=O)Cc1ccc(OC(=O)c2ccc(C(N)=NO)cc2)c2ncnn12. The Balaban J connectivity index is 1.80. The molecule has 3 N–H and O–H groups in total. The van der Waals surface area contributed by atoms with Gasteiger partial charge in [-0.2, -0.15) is 5.10 Å². The van der Waals surface area contributed by atoms with Gasteiger partial charge in [-0.1, -0.05) is 17.3 Å². The molecule has 0 aliphatic rings. The molecule has 2 heterocycles. The Bertz CT molecular complexity index is 1110. The second-order valence-electron chi connectivity index (χ2n) is 7.40. The Morgan fingerprint density at radius 3 is 2.43 bits per heavy atom. The molecule has 0 saturated heterocycles. The molecule has 10 heteroatoms. The van der Waals surface area contributed by atoms with E-state index in [1.807, 2.05) is 0 Å². The van der Waals surface area contributed by atoms with Crippen molar-refractivity contribution < 1.29 is 24.3 Å². The summed E-state index contributed by atoms with van der Waals surface area (Å²) in [7, 11) is 0. The van der Waals surface area contributed by atoms with Crippen LogP contribution in [-0.4, -0.2) is 43.2 Å². The van der Waals surface area contributed by atoms with E-state index in [-0.39, 0.29) is 29.2 Å². The standard InChI is InChI=1S/C20H21N5O5/c1-20(2,3)30-16(26)10-14-8-9-15(18-22-11-23-25(14)18)29-19(27)13-6-4-12(5-7-13)17(21)24-28/h4-9,11,28H,10H2,1-3H3,(H2,21,24). The molecule has 0 bridgehead atoms. The molecule has 2 aromatic heterocycles. The lowest BCUT2D eigenvalue weighted by Gasteiger charge is -2.19. The second-order valence-corrected chi connectivity index (χ2v) is 7.40. The number of rotatable bonds is 5. The van der Waals surface area contributed by atoms with Gasteiger partial charge in [0, 0.05) is 5.56 Å². The molecule has 0 fully saturated rings. The van der Waals surface area contributed by atoms with Crippen molar-refractivity contribution in [2.24, 2.45) is 10.9 Å². The number of carbonyl (C=O) groups excluding carboxylic acids is 2. The number of aromatic nitrogens is 3. The number of hydrogen-bond acceptors (Lipinski definition) is 8. The van der Waals surface area contributed by atoms with E-state index in [4.69, 9.17) is 20.4 Å². The molecule has 0 radical (unpaired) electrons. The summed E-state index contributed by atoms with van der Waals surface area (Å²) in [5.41, 5.74) is 6.46. The minimum absolute atomic E-state index is 0.0132. The Labute approximate surface area is 171 Å².